The van der Waals surface area contributed by atoms with Gasteiger partial charge in [-0.05, 0) is 31.5 Å². The Labute approximate surface area is 109 Å². The lowest BCUT2D eigenvalue weighted by Crippen LogP contribution is -2.11. The molecule has 0 aliphatic heterocycles. The van der Waals surface area contributed by atoms with E-state index in [0.717, 1.165) is 18.2 Å². The van der Waals surface area contributed by atoms with E-state index in [1.807, 2.05) is 0 Å². The highest BCUT2D eigenvalue weighted by atomic mass is 32.2. The van der Waals surface area contributed by atoms with Crippen molar-refractivity contribution in [2.24, 2.45) is 0 Å². The molecular weight excluding hydrogens is 281 g/mol. The molecule has 0 saturated heterocycles. The minimum atomic E-state index is -4.58. The molecule has 0 amide bonds. The molecule has 19 heavy (non-hydrogen) atoms. The van der Waals surface area contributed by atoms with Gasteiger partial charge in [-0.3, -0.25) is 0 Å². The van der Waals surface area contributed by atoms with Crippen LogP contribution in [-0.4, -0.2) is 20.0 Å². The van der Waals surface area contributed by atoms with Gasteiger partial charge in [0.1, 0.15) is 5.78 Å². The first kappa shape index (κ1) is 15.7. The average molecular weight is 294 g/mol. The Morgan fingerprint density at radius 2 is 1.89 bits per heavy atom. The number of hydrogen-bond donors (Lipinski definition) is 0. The number of rotatable bonds is 5. The first-order valence-corrected chi connectivity index (χ1v) is 7.17. The number of sulfone groups is 1. The molecule has 0 N–H and O–H groups in total. The molecule has 0 saturated carbocycles. The molecule has 0 heterocycles. The lowest BCUT2D eigenvalue weighted by Gasteiger charge is -2.09. The van der Waals surface area contributed by atoms with Gasteiger partial charge in [-0.1, -0.05) is 6.07 Å². The zero-order valence-electron chi connectivity index (χ0n) is 10.2. The van der Waals surface area contributed by atoms with Crippen LogP contribution in [0.5, 0.6) is 0 Å². The molecule has 0 spiro atoms. The second-order valence-corrected chi connectivity index (χ2v) is 6.26. The molecule has 0 fully saturated rings. The topological polar surface area (TPSA) is 51.2 Å². The van der Waals surface area contributed by atoms with Crippen LogP contribution in [0.1, 0.15) is 25.3 Å². The summed E-state index contributed by atoms with van der Waals surface area (Å²) in [7, 11) is -3.79. The van der Waals surface area contributed by atoms with Gasteiger partial charge < -0.3 is 4.79 Å². The summed E-state index contributed by atoms with van der Waals surface area (Å²) in [5.41, 5.74) is -1.000. The van der Waals surface area contributed by atoms with Crippen LogP contribution in [0.15, 0.2) is 29.2 Å². The second-order valence-electron chi connectivity index (χ2n) is 4.15. The summed E-state index contributed by atoms with van der Waals surface area (Å²) >= 11 is 0. The number of halogens is 3. The van der Waals surface area contributed by atoms with Gasteiger partial charge in [0.05, 0.1) is 16.2 Å². The minimum Gasteiger partial charge on any atom is -0.300 e. The van der Waals surface area contributed by atoms with E-state index in [2.05, 4.69) is 0 Å². The standard InChI is InChI=1S/C12H13F3O3S/c1-9(16)4-3-7-19(17,18)11-6-2-5-10(8-11)12(13,14)15/h2,5-6,8H,3-4,7H2,1H3. The maximum atomic E-state index is 12.5. The van der Waals surface area contributed by atoms with E-state index >= 15 is 0 Å². The van der Waals surface area contributed by atoms with Crippen LogP contribution < -0.4 is 0 Å². The van der Waals surface area contributed by atoms with Crippen LogP contribution in [0.3, 0.4) is 0 Å². The Bertz CT molecular complexity index is 562. The van der Waals surface area contributed by atoms with Crippen LogP contribution in [0.2, 0.25) is 0 Å². The van der Waals surface area contributed by atoms with Crippen molar-refractivity contribution in [1.82, 2.24) is 0 Å². The highest BCUT2D eigenvalue weighted by molar-refractivity contribution is 7.91. The third kappa shape index (κ3) is 4.66. The van der Waals surface area contributed by atoms with Crippen molar-refractivity contribution in [3.63, 3.8) is 0 Å². The molecular formula is C12H13F3O3S. The fourth-order valence-corrected chi connectivity index (χ4v) is 2.85. The summed E-state index contributed by atoms with van der Waals surface area (Å²) in [5, 5.41) is 0. The van der Waals surface area contributed by atoms with E-state index in [0.29, 0.717) is 6.07 Å². The van der Waals surface area contributed by atoms with E-state index in [9.17, 15) is 26.4 Å². The highest BCUT2D eigenvalue weighted by Gasteiger charge is 2.31. The number of alkyl halides is 3. The van der Waals surface area contributed by atoms with Crippen LogP contribution in [-0.2, 0) is 20.8 Å². The van der Waals surface area contributed by atoms with E-state index in [1.165, 1.54) is 6.92 Å². The summed E-state index contributed by atoms with van der Waals surface area (Å²) in [4.78, 5) is 10.3. The van der Waals surface area contributed by atoms with Crippen LogP contribution in [0.4, 0.5) is 13.2 Å². The van der Waals surface area contributed by atoms with Crippen molar-refractivity contribution in [2.45, 2.75) is 30.8 Å². The summed E-state index contributed by atoms with van der Waals surface area (Å²) < 4.78 is 61.1. The molecule has 1 aromatic carbocycles. The fraction of sp³-hybridized carbons (Fsp3) is 0.417. The van der Waals surface area contributed by atoms with E-state index in [1.54, 1.807) is 0 Å². The Morgan fingerprint density at radius 1 is 1.26 bits per heavy atom. The number of carbonyl (C=O) groups is 1. The third-order valence-corrected chi connectivity index (χ3v) is 4.26. The number of carbonyl (C=O) groups excluding carboxylic acids is 1. The van der Waals surface area contributed by atoms with Gasteiger partial charge in [0.15, 0.2) is 9.84 Å². The van der Waals surface area contributed by atoms with Gasteiger partial charge in [0.25, 0.3) is 0 Å². The number of ketones is 1. The van der Waals surface area contributed by atoms with E-state index in [4.69, 9.17) is 0 Å². The number of benzene rings is 1. The van der Waals surface area contributed by atoms with E-state index < -0.39 is 21.6 Å². The molecule has 1 aromatic rings. The molecule has 0 aliphatic rings. The van der Waals surface area contributed by atoms with Gasteiger partial charge in [-0.25, -0.2) is 8.42 Å². The zero-order valence-corrected chi connectivity index (χ0v) is 11.0. The van der Waals surface area contributed by atoms with Crippen molar-refractivity contribution in [3.8, 4) is 0 Å². The van der Waals surface area contributed by atoms with Gasteiger partial charge >= 0.3 is 6.18 Å². The summed E-state index contributed by atoms with van der Waals surface area (Å²) in [6, 6.07) is 3.61. The Kier molecular flexibility index (Phi) is 4.73. The monoisotopic (exact) mass is 294 g/mol. The lowest BCUT2D eigenvalue weighted by molar-refractivity contribution is -0.137. The van der Waals surface area contributed by atoms with Crippen LogP contribution >= 0.6 is 0 Å². The van der Waals surface area contributed by atoms with Crippen LogP contribution in [0, 0.1) is 0 Å². The van der Waals surface area contributed by atoms with Crippen LogP contribution in [0.25, 0.3) is 0 Å². The summed E-state index contributed by atoms with van der Waals surface area (Å²) in [6.07, 6.45) is -4.38. The van der Waals surface area contributed by atoms with Crippen molar-refractivity contribution in [1.29, 1.82) is 0 Å². The lowest BCUT2D eigenvalue weighted by atomic mass is 10.2. The molecule has 0 atom stereocenters. The normalized spacial score (nSPS) is 12.4. The maximum absolute atomic E-state index is 12.5. The largest absolute Gasteiger partial charge is 0.416 e. The third-order valence-electron chi connectivity index (χ3n) is 2.46. The van der Waals surface area contributed by atoms with Crippen molar-refractivity contribution in [3.05, 3.63) is 29.8 Å². The Balaban J connectivity index is 2.93. The minimum absolute atomic E-state index is 0.0954. The average Bonchev–Trinajstić information content (AvgIpc) is 2.27. The molecule has 7 heteroatoms. The molecule has 0 bridgehead atoms. The summed E-state index contributed by atoms with van der Waals surface area (Å²) in [5.74, 6) is -0.493. The molecule has 106 valence electrons. The first-order chi connectivity index (χ1) is 8.63. The second kappa shape index (κ2) is 5.73. The number of Topliss-reactive ketones (excluding diaryl/α,β-unsaturated/α-hetero) is 1. The van der Waals surface area contributed by atoms with Gasteiger partial charge in [-0.2, -0.15) is 13.2 Å². The zero-order chi connectivity index (χ0) is 14.7. The quantitative estimate of drug-likeness (QED) is 0.839. The molecule has 0 unspecified atom stereocenters. The number of hydrogen-bond acceptors (Lipinski definition) is 3. The van der Waals surface area contributed by atoms with Gasteiger partial charge in [0, 0.05) is 6.42 Å². The van der Waals surface area contributed by atoms with Crippen molar-refractivity contribution in [2.75, 3.05) is 5.75 Å². The molecule has 0 radical (unpaired) electrons. The smallest absolute Gasteiger partial charge is 0.300 e. The molecule has 0 aromatic heterocycles. The molecule has 1 rings (SSSR count). The maximum Gasteiger partial charge on any atom is 0.416 e. The first-order valence-electron chi connectivity index (χ1n) is 5.52. The van der Waals surface area contributed by atoms with Gasteiger partial charge in [0.2, 0.25) is 0 Å². The van der Waals surface area contributed by atoms with E-state index in [-0.39, 0.29) is 29.3 Å². The Hall–Kier alpha value is -1.37. The van der Waals surface area contributed by atoms with Crippen molar-refractivity contribution < 1.29 is 26.4 Å². The predicted molar refractivity (Wildman–Crippen MR) is 63.4 cm³/mol. The molecule has 0 aliphatic carbocycles. The van der Waals surface area contributed by atoms with Gasteiger partial charge in [-0.15, -0.1) is 0 Å². The SMILES string of the molecule is CC(=O)CCCS(=O)(=O)c1cccc(C(F)(F)F)c1. The fourth-order valence-electron chi connectivity index (χ4n) is 1.49. The highest BCUT2D eigenvalue weighted by Crippen LogP contribution is 2.30. The summed E-state index contributed by atoms with van der Waals surface area (Å²) in [6.45, 7) is 1.33. The molecule has 3 nitrogen and oxygen atoms in total. The Morgan fingerprint density at radius 3 is 2.42 bits per heavy atom. The van der Waals surface area contributed by atoms with Crippen molar-refractivity contribution >= 4 is 15.6 Å². The predicted octanol–water partition coefficient (Wildman–Crippen LogP) is 2.85.